The van der Waals surface area contributed by atoms with Crippen molar-refractivity contribution in [1.82, 2.24) is 10.6 Å². The van der Waals surface area contributed by atoms with Crippen molar-refractivity contribution in [3.63, 3.8) is 0 Å². The largest absolute Gasteiger partial charge is 0.375 e. The van der Waals surface area contributed by atoms with Gasteiger partial charge in [0, 0.05) is 19.1 Å². The van der Waals surface area contributed by atoms with Crippen molar-refractivity contribution >= 4 is 23.4 Å². The molecule has 0 radical (unpaired) electrons. The number of para-hydroxylation sites is 1. The minimum absolute atomic E-state index is 0.0769. The summed E-state index contributed by atoms with van der Waals surface area (Å²) in [6.07, 6.45) is 1.97. The van der Waals surface area contributed by atoms with Crippen LogP contribution in [0.2, 0.25) is 0 Å². The van der Waals surface area contributed by atoms with Crippen molar-refractivity contribution in [2.45, 2.75) is 57.2 Å². The molecule has 1 fully saturated rings. The smallest absolute Gasteiger partial charge is 0.254 e. The highest BCUT2D eigenvalue weighted by atomic mass is 16.5. The van der Waals surface area contributed by atoms with Crippen LogP contribution in [0.25, 0.3) is 0 Å². The van der Waals surface area contributed by atoms with Crippen LogP contribution in [0.4, 0.5) is 5.69 Å². The third kappa shape index (κ3) is 4.40. The van der Waals surface area contributed by atoms with E-state index in [2.05, 4.69) is 16.0 Å². The predicted octanol–water partition coefficient (Wildman–Crippen LogP) is 1.59. The monoisotopic (exact) mass is 359 g/mol. The standard InChI is InChI=1S/C19H25N3O4/c1-19(2)11-12(9-10-26-19)20-16(23)8-7-15-18(25)21-14-6-4-3-5-13(14)17(24)22-15/h3-6,12,15H,7-11H2,1-2H3,(H,20,23)(H,21,25)(H,22,24)/t12-,15+/m0/s1. The average Bonchev–Trinajstić information content (AvgIpc) is 2.69. The van der Waals surface area contributed by atoms with E-state index in [0.29, 0.717) is 17.9 Å². The normalized spacial score (nSPS) is 24.7. The molecule has 2 aliphatic rings. The Kier molecular flexibility index (Phi) is 5.27. The first kappa shape index (κ1) is 18.4. The molecule has 26 heavy (non-hydrogen) atoms. The zero-order chi connectivity index (χ0) is 18.7. The van der Waals surface area contributed by atoms with Crippen LogP contribution >= 0.6 is 0 Å². The van der Waals surface area contributed by atoms with Crippen LogP contribution in [0.15, 0.2) is 24.3 Å². The highest BCUT2D eigenvalue weighted by Crippen LogP contribution is 2.24. The van der Waals surface area contributed by atoms with Gasteiger partial charge in [0.05, 0.1) is 16.9 Å². The summed E-state index contributed by atoms with van der Waals surface area (Å²) in [5.41, 5.74) is 0.681. The molecule has 0 spiro atoms. The molecule has 7 nitrogen and oxygen atoms in total. The quantitative estimate of drug-likeness (QED) is 0.761. The van der Waals surface area contributed by atoms with E-state index in [1.807, 2.05) is 13.8 Å². The summed E-state index contributed by atoms with van der Waals surface area (Å²) in [4.78, 5) is 36.9. The van der Waals surface area contributed by atoms with Crippen LogP contribution in [-0.2, 0) is 14.3 Å². The second-order valence-corrected chi connectivity index (χ2v) is 7.46. The maximum absolute atomic E-state index is 12.3. The van der Waals surface area contributed by atoms with Gasteiger partial charge in [0.1, 0.15) is 6.04 Å². The molecule has 3 amide bonds. The molecular weight excluding hydrogens is 334 g/mol. The maximum atomic E-state index is 12.3. The topological polar surface area (TPSA) is 96.5 Å². The number of amides is 3. The molecule has 0 aliphatic carbocycles. The lowest BCUT2D eigenvalue weighted by Crippen LogP contribution is -2.46. The highest BCUT2D eigenvalue weighted by molar-refractivity contribution is 6.09. The predicted molar refractivity (Wildman–Crippen MR) is 96.8 cm³/mol. The van der Waals surface area contributed by atoms with Gasteiger partial charge in [-0.15, -0.1) is 0 Å². The van der Waals surface area contributed by atoms with Crippen LogP contribution in [0.5, 0.6) is 0 Å². The van der Waals surface area contributed by atoms with Crippen LogP contribution in [-0.4, -0.2) is 42.0 Å². The number of benzene rings is 1. The molecule has 1 aromatic carbocycles. The lowest BCUT2D eigenvalue weighted by atomic mass is 9.94. The Bertz CT molecular complexity index is 716. The summed E-state index contributed by atoms with van der Waals surface area (Å²) in [5.74, 6) is -0.727. The lowest BCUT2D eigenvalue weighted by molar-refractivity contribution is -0.124. The molecule has 0 bridgehead atoms. The van der Waals surface area contributed by atoms with Crippen LogP contribution in [0, 0.1) is 0 Å². The second kappa shape index (κ2) is 7.45. The summed E-state index contributed by atoms with van der Waals surface area (Å²) in [6, 6.07) is 6.20. The first-order chi connectivity index (χ1) is 12.3. The number of nitrogens with one attached hydrogen (secondary N) is 3. The zero-order valence-corrected chi connectivity index (χ0v) is 15.1. The second-order valence-electron chi connectivity index (χ2n) is 7.46. The molecule has 2 atom stereocenters. The molecule has 140 valence electrons. The number of anilines is 1. The third-order valence-electron chi connectivity index (χ3n) is 4.77. The summed E-state index contributed by atoms with van der Waals surface area (Å²) >= 11 is 0. The summed E-state index contributed by atoms with van der Waals surface area (Å²) in [5, 5.41) is 8.46. The number of hydrogen-bond donors (Lipinski definition) is 3. The van der Waals surface area contributed by atoms with Crippen molar-refractivity contribution in [1.29, 1.82) is 0 Å². The van der Waals surface area contributed by atoms with Crippen molar-refractivity contribution < 1.29 is 19.1 Å². The third-order valence-corrected chi connectivity index (χ3v) is 4.77. The van der Waals surface area contributed by atoms with E-state index < -0.39 is 6.04 Å². The molecule has 2 heterocycles. The zero-order valence-electron chi connectivity index (χ0n) is 15.1. The fraction of sp³-hybridized carbons (Fsp3) is 0.526. The van der Waals surface area contributed by atoms with E-state index >= 15 is 0 Å². The molecule has 0 unspecified atom stereocenters. The molecule has 1 aromatic rings. The molecule has 0 aromatic heterocycles. The van der Waals surface area contributed by atoms with Gasteiger partial charge < -0.3 is 20.7 Å². The van der Waals surface area contributed by atoms with E-state index in [0.717, 1.165) is 12.8 Å². The fourth-order valence-electron chi connectivity index (χ4n) is 3.45. The summed E-state index contributed by atoms with van der Waals surface area (Å²) in [7, 11) is 0. The Labute approximate surface area is 152 Å². The first-order valence-corrected chi connectivity index (χ1v) is 8.98. The number of carbonyl (C=O) groups excluding carboxylic acids is 3. The Morgan fingerprint density at radius 1 is 1.31 bits per heavy atom. The first-order valence-electron chi connectivity index (χ1n) is 8.98. The SMILES string of the molecule is CC1(C)C[C@@H](NC(=O)CC[C@H]2NC(=O)c3ccccc3NC2=O)CCO1. The molecule has 0 saturated carbocycles. The van der Waals surface area contributed by atoms with Gasteiger partial charge in [-0.1, -0.05) is 12.1 Å². The number of fused-ring (bicyclic) bond motifs is 1. The minimum Gasteiger partial charge on any atom is -0.375 e. The average molecular weight is 359 g/mol. The van der Waals surface area contributed by atoms with E-state index in [9.17, 15) is 14.4 Å². The van der Waals surface area contributed by atoms with Crippen molar-refractivity contribution in [2.75, 3.05) is 11.9 Å². The van der Waals surface area contributed by atoms with Gasteiger partial charge in [-0.2, -0.15) is 0 Å². The summed E-state index contributed by atoms with van der Waals surface area (Å²) in [6.45, 7) is 4.64. The van der Waals surface area contributed by atoms with Gasteiger partial charge in [0.2, 0.25) is 11.8 Å². The number of ether oxygens (including phenoxy) is 1. The van der Waals surface area contributed by atoms with Crippen molar-refractivity contribution in [2.24, 2.45) is 0 Å². The maximum Gasteiger partial charge on any atom is 0.254 e. The van der Waals surface area contributed by atoms with Crippen LogP contribution < -0.4 is 16.0 Å². The highest BCUT2D eigenvalue weighted by Gasteiger charge is 2.31. The van der Waals surface area contributed by atoms with Gasteiger partial charge in [0.15, 0.2) is 0 Å². The van der Waals surface area contributed by atoms with Gasteiger partial charge in [0.25, 0.3) is 5.91 Å². The van der Waals surface area contributed by atoms with Gasteiger partial charge >= 0.3 is 0 Å². The lowest BCUT2D eigenvalue weighted by Gasteiger charge is -2.35. The van der Waals surface area contributed by atoms with Gasteiger partial charge in [-0.25, -0.2) is 0 Å². The number of rotatable bonds is 4. The Hall–Kier alpha value is -2.41. The fourth-order valence-corrected chi connectivity index (χ4v) is 3.45. The van der Waals surface area contributed by atoms with Crippen LogP contribution in [0.3, 0.4) is 0 Å². The minimum atomic E-state index is -0.730. The van der Waals surface area contributed by atoms with Gasteiger partial charge in [-0.05, 0) is 45.2 Å². The molecule has 3 rings (SSSR count). The van der Waals surface area contributed by atoms with E-state index in [-0.39, 0.29) is 42.2 Å². The molecule has 2 aliphatic heterocycles. The Balaban J connectivity index is 1.54. The summed E-state index contributed by atoms with van der Waals surface area (Å²) < 4.78 is 5.65. The van der Waals surface area contributed by atoms with E-state index in [1.54, 1.807) is 24.3 Å². The Morgan fingerprint density at radius 3 is 2.85 bits per heavy atom. The van der Waals surface area contributed by atoms with E-state index in [1.165, 1.54) is 0 Å². The number of carbonyl (C=O) groups is 3. The van der Waals surface area contributed by atoms with Crippen LogP contribution in [0.1, 0.15) is 49.9 Å². The Morgan fingerprint density at radius 2 is 2.08 bits per heavy atom. The van der Waals surface area contributed by atoms with Crippen molar-refractivity contribution in [3.05, 3.63) is 29.8 Å². The molecule has 3 N–H and O–H groups in total. The molecular formula is C19H25N3O4. The van der Waals surface area contributed by atoms with E-state index in [4.69, 9.17) is 4.74 Å². The molecule has 1 saturated heterocycles. The molecule has 7 heteroatoms. The van der Waals surface area contributed by atoms with Crippen molar-refractivity contribution in [3.8, 4) is 0 Å². The van der Waals surface area contributed by atoms with Gasteiger partial charge in [-0.3, -0.25) is 14.4 Å². The number of hydrogen-bond acceptors (Lipinski definition) is 4.